The van der Waals surface area contributed by atoms with E-state index < -0.39 is 0 Å². The lowest BCUT2D eigenvalue weighted by atomic mass is 9.83. The maximum absolute atomic E-state index is 10.8. The molecule has 0 saturated carbocycles. The number of phenols is 2. The molecule has 2 heteroatoms. The molecule has 0 heterocycles. The molecule has 0 aliphatic heterocycles. The Kier molecular flexibility index (Phi) is 7.77. The van der Waals surface area contributed by atoms with Crippen molar-refractivity contribution in [2.45, 2.75) is 85.5 Å². The highest BCUT2D eigenvalue weighted by Crippen LogP contribution is 2.42. The van der Waals surface area contributed by atoms with Gasteiger partial charge in [0.25, 0.3) is 0 Å². The molecule has 148 valence electrons. The third-order valence-electron chi connectivity index (χ3n) is 5.55. The molecule has 2 aromatic carbocycles. The van der Waals surface area contributed by atoms with Gasteiger partial charge in [-0.2, -0.15) is 0 Å². The van der Waals surface area contributed by atoms with E-state index in [1.54, 1.807) is 0 Å². The van der Waals surface area contributed by atoms with Crippen LogP contribution in [-0.2, 0) is 0 Å². The van der Waals surface area contributed by atoms with Gasteiger partial charge in [0.2, 0.25) is 0 Å². The zero-order valence-corrected chi connectivity index (χ0v) is 17.7. The number of benzene rings is 2. The van der Waals surface area contributed by atoms with Gasteiger partial charge in [-0.05, 0) is 45.2 Å². The molecule has 0 aromatic heterocycles. The Bertz CT molecular complexity index is 704. The lowest BCUT2D eigenvalue weighted by Gasteiger charge is -2.23. The Morgan fingerprint density at radius 2 is 1.11 bits per heavy atom. The molecule has 0 spiro atoms. The van der Waals surface area contributed by atoms with Gasteiger partial charge in [0.05, 0.1) is 0 Å². The van der Waals surface area contributed by atoms with Crippen molar-refractivity contribution >= 4 is 0 Å². The van der Waals surface area contributed by atoms with Gasteiger partial charge in [-0.15, -0.1) is 0 Å². The zero-order chi connectivity index (χ0) is 20.0. The van der Waals surface area contributed by atoms with Crippen LogP contribution < -0.4 is 0 Å². The minimum absolute atomic E-state index is 0.0216. The fourth-order valence-electron chi connectivity index (χ4n) is 4.12. The zero-order valence-electron chi connectivity index (χ0n) is 17.7. The van der Waals surface area contributed by atoms with Crippen molar-refractivity contribution in [3.8, 4) is 11.5 Å². The molecule has 0 radical (unpaired) electrons. The fourth-order valence-corrected chi connectivity index (χ4v) is 4.12. The molecular formula is C25H36O2. The summed E-state index contributed by atoms with van der Waals surface area (Å²) in [5, 5.41) is 21.5. The predicted octanol–water partition coefficient (Wildman–Crippen LogP) is 7.21. The first kappa shape index (κ1) is 21.3. The van der Waals surface area contributed by atoms with E-state index in [0.717, 1.165) is 46.2 Å². The normalized spacial score (nSPS) is 11.3. The summed E-state index contributed by atoms with van der Waals surface area (Å²) < 4.78 is 0. The van der Waals surface area contributed by atoms with E-state index in [2.05, 4.69) is 32.9 Å². The number of hydrogen-bond donors (Lipinski definition) is 2. The third kappa shape index (κ3) is 5.51. The number of unbranched alkanes of at least 4 members (excludes halogenated alkanes) is 5. The van der Waals surface area contributed by atoms with Crippen LogP contribution in [0.2, 0.25) is 0 Å². The average molecular weight is 369 g/mol. The van der Waals surface area contributed by atoms with Gasteiger partial charge >= 0.3 is 0 Å². The van der Waals surface area contributed by atoms with Crippen LogP contribution in [0, 0.1) is 27.7 Å². The highest BCUT2D eigenvalue weighted by molar-refractivity contribution is 5.53. The standard InChI is InChI=1S/C25H36O2/c1-6-7-8-9-10-11-12-21(22-15-17(2)13-19(4)24(22)26)23-16-18(3)14-20(5)25(23)27/h13-16,21,26-27H,6-12H2,1-5H3. The molecule has 2 N–H and O–H groups in total. The molecule has 2 rings (SSSR count). The van der Waals surface area contributed by atoms with E-state index in [-0.39, 0.29) is 5.92 Å². The maximum atomic E-state index is 10.8. The van der Waals surface area contributed by atoms with Gasteiger partial charge in [-0.3, -0.25) is 0 Å². The van der Waals surface area contributed by atoms with Crippen molar-refractivity contribution in [2.75, 3.05) is 0 Å². The number of phenolic OH excluding ortho intramolecular Hbond substituents is 2. The van der Waals surface area contributed by atoms with Crippen molar-refractivity contribution < 1.29 is 10.2 Å². The number of rotatable bonds is 9. The Balaban J connectivity index is 2.36. The van der Waals surface area contributed by atoms with Crippen molar-refractivity contribution in [3.63, 3.8) is 0 Å². The number of aryl methyl sites for hydroxylation is 4. The molecule has 2 nitrogen and oxygen atoms in total. The summed E-state index contributed by atoms with van der Waals surface area (Å²) in [7, 11) is 0. The third-order valence-corrected chi connectivity index (χ3v) is 5.55. The van der Waals surface area contributed by atoms with Crippen LogP contribution in [-0.4, -0.2) is 10.2 Å². The maximum Gasteiger partial charge on any atom is 0.122 e. The van der Waals surface area contributed by atoms with E-state index in [0.29, 0.717) is 11.5 Å². The second-order valence-corrected chi connectivity index (χ2v) is 8.15. The summed E-state index contributed by atoms with van der Waals surface area (Å²) in [5.41, 5.74) is 6.00. The van der Waals surface area contributed by atoms with Crippen LogP contribution in [0.4, 0.5) is 0 Å². The summed E-state index contributed by atoms with van der Waals surface area (Å²) in [5.74, 6) is 0.763. The van der Waals surface area contributed by atoms with Crippen LogP contribution in [0.15, 0.2) is 24.3 Å². The molecule has 2 aromatic rings. The number of aromatic hydroxyl groups is 2. The van der Waals surface area contributed by atoms with Crippen molar-refractivity contribution in [2.24, 2.45) is 0 Å². The Morgan fingerprint density at radius 1 is 0.667 bits per heavy atom. The highest BCUT2D eigenvalue weighted by atomic mass is 16.3. The smallest absolute Gasteiger partial charge is 0.122 e. The predicted molar refractivity (Wildman–Crippen MR) is 115 cm³/mol. The van der Waals surface area contributed by atoms with E-state index in [4.69, 9.17) is 0 Å². The molecule has 27 heavy (non-hydrogen) atoms. The van der Waals surface area contributed by atoms with Crippen molar-refractivity contribution in [1.82, 2.24) is 0 Å². The van der Waals surface area contributed by atoms with E-state index >= 15 is 0 Å². The van der Waals surface area contributed by atoms with Crippen LogP contribution >= 0.6 is 0 Å². The Hall–Kier alpha value is -1.96. The lowest BCUT2D eigenvalue weighted by molar-refractivity contribution is 0.443. The first-order valence-corrected chi connectivity index (χ1v) is 10.4. The summed E-state index contributed by atoms with van der Waals surface area (Å²) >= 11 is 0. The first-order valence-electron chi connectivity index (χ1n) is 10.4. The molecule has 0 amide bonds. The molecule has 0 fully saturated rings. The molecule has 0 aliphatic rings. The van der Waals surface area contributed by atoms with E-state index in [1.807, 2.05) is 26.0 Å². The summed E-state index contributed by atoms with van der Waals surface area (Å²) in [6, 6.07) is 8.20. The average Bonchev–Trinajstić information content (AvgIpc) is 2.61. The minimum atomic E-state index is 0.0216. The van der Waals surface area contributed by atoms with Crippen molar-refractivity contribution in [3.05, 3.63) is 57.6 Å². The fraction of sp³-hybridized carbons (Fsp3) is 0.520. The monoisotopic (exact) mass is 368 g/mol. The second-order valence-electron chi connectivity index (χ2n) is 8.15. The van der Waals surface area contributed by atoms with Gasteiger partial charge in [0.1, 0.15) is 11.5 Å². The molecule has 0 bridgehead atoms. The SMILES string of the molecule is CCCCCCCCC(c1cc(C)cc(C)c1O)c1cc(C)cc(C)c1O. The molecular weight excluding hydrogens is 332 g/mol. The van der Waals surface area contributed by atoms with Gasteiger partial charge in [0, 0.05) is 17.0 Å². The van der Waals surface area contributed by atoms with Crippen LogP contribution in [0.25, 0.3) is 0 Å². The van der Waals surface area contributed by atoms with Crippen LogP contribution in [0.1, 0.15) is 91.2 Å². The van der Waals surface area contributed by atoms with Crippen molar-refractivity contribution in [1.29, 1.82) is 0 Å². The van der Waals surface area contributed by atoms with E-state index in [1.165, 1.54) is 32.1 Å². The van der Waals surface area contributed by atoms with Gasteiger partial charge < -0.3 is 10.2 Å². The van der Waals surface area contributed by atoms with Gasteiger partial charge in [-0.1, -0.05) is 80.8 Å². The molecule has 0 unspecified atom stereocenters. The van der Waals surface area contributed by atoms with Gasteiger partial charge in [0.15, 0.2) is 0 Å². The first-order chi connectivity index (χ1) is 12.8. The lowest BCUT2D eigenvalue weighted by Crippen LogP contribution is -2.05. The summed E-state index contributed by atoms with van der Waals surface area (Å²) in [4.78, 5) is 0. The van der Waals surface area contributed by atoms with E-state index in [9.17, 15) is 10.2 Å². The highest BCUT2D eigenvalue weighted by Gasteiger charge is 2.23. The van der Waals surface area contributed by atoms with Gasteiger partial charge in [-0.25, -0.2) is 0 Å². The number of hydrogen-bond acceptors (Lipinski definition) is 2. The topological polar surface area (TPSA) is 40.5 Å². The minimum Gasteiger partial charge on any atom is -0.507 e. The van der Waals surface area contributed by atoms with Crippen LogP contribution in [0.5, 0.6) is 11.5 Å². The molecule has 0 aliphatic carbocycles. The summed E-state index contributed by atoms with van der Waals surface area (Å²) in [6.45, 7) is 10.3. The van der Waals surface area contributed by atoms with Crippen LogP contribution in [0.3, 0.4) is 0 Å². The molecule has 0 atom stereocenters. The Labute approximate surface area is 165 Å². The summed E-state index contributed by atoms with van der Waals surface area (Å²) in [6.07, 6.45) is 8.37. The Morgan fingerprint density at radius 3 is 1.59 bits per heavy atom. The second kappa shape index (κ2) is 9.82. The molecule has 0 saturated heterocycles. The largest absolute Gasteiger partial charge is 0.507 e. The quantitative estimate of drug-likeness (QED) is 0.459.